The SMILES string of the molecule is CCOC(=O)C(CC)C(O)c1ccc2ncccc2c1. The number of benzene rings is 1. The zero-order valence-electron chi connectivity index (χ0n) is 11.7. The predicted molar refractivity (Wildman–Crippen MR) is 77.1 cm³/mol. The fraction of sp³-hybridized carbons (Fsp3) is 0.375. The maximum atomic E-state index is 11.9. The molecule has 2 unspecified atom stereocenters. The Kier molecular flexibility index (Phi) is 4.69. The van der Waals surface area contributed by atoms with Gasteiger partial charge in [0.2, 0.25) is 0 Å². The van der Waals surface area contributed by atoms with Crippen LogP contribution in [0.15, 0.2) is 36.5 Å². The second-order valence-corrected chi connectivity index (χ2v) is 4.67. The van der Waals surface area contributed by atoms with Crippen molar-refractivity contribution in [3.8, 4) is 0 Å². The van der Waals surface area contributed by atoms with Gasteiger partial charge in [-0.3, -0.25) is 9.78 Å². The second-order valence-electron chi connectivity index (χ2n) is 4.67. The largest absolute Gasteiger partial charge is 0.466 e. The lowest BCUT2D eigenvalue weighted by atomic mass is 9.93. The van der Waals surface area contributed by atoms with Gasteiger partial charge in [0.15, 0.2) is 0 Å². The lowest BCUT2D eigenvalue weighted by Gasteiger charge is -2.20. The van der Waals surface area contributed by atoms with Crippen molar-refractivity contribution < 1.29 is 14.6 Å². The molecule has 0 aliphatic heterocycles. The van der Waals surface area contributed by atoms with Crippen LogP contribution in [0, 0.1) is 5.92 Å². The van der Waals surface area contributed by atoms with Crippen LogP contribution in [0.2, 0.25) is 0 Å². The first kappa shape index (κ1) is 14.5. The van der Waals surface area contributed by atoms with E-state index in [1.807, 2.05) is 37.3 Å². The molecule has 2 atom stereocenters. The number of aliphatic hydroxyl groups excluding tert-OH is 1. The van der Waals surface area contributed by atoms with E-state index in [0.29, 0.717) is 18.6 Å². The number of carbonyl (C=O) groups excluding carboxylic acids is 1. The number of aromatic nitrogens is 1. The van der Waals surface area contributed by atoms with Crippen molar-refractivity contribution in [2.75, 3.05) is 6.61 Å². The first-order chi connectivity index (χ1) is 9.67. The number of esters is 1. The van der Waals surface area contributed by atoms with Crippen LogP contribution in [0.5, 0.6) is 0 Å². The molecule has 0 bridgehead atoms. The third-order valence-electron chi connectivity index (χ3n) is 3.38. The highest BCUT2D eigenvalue weighted by Crippen LogP contribution is 2.27. The summed E-state index contributed by atoms with van der Waals surface area (Å²) >= 11 is 0. The minimum atomic E-state index is -0.858. The van der Waals surface area contributed by atoms with Gasteiger partial charge in [0, 0.05) is 11.6 Å². The Morgan fingerprint density at radius 1 is 1.35 bits per heavy atom. The van der Waals surface area contributed by atoms with Crippen molar-refractivity contribution >= 4 is 16.9 Å². The Bertz CT molecular complexity index is 597. The molecule has 0 amide bonds. The fourth-order valence-corrected chi connectivity index (χ4v) is 2.28. The molecule has 1 heterocycles. The minimum Gasteiger partial charge on any atom is -0.466 e. The number of carbonyl (C=O) groups is 1. The average molecular weight is 273 g/mol. The second kappa shape index (κ2) is 6.48. The molecule has 0 saturated heterocycles. The summed E-state index contributed by atoms with van der Waals surface area (Å²) in [5, 5.41) is 11.4. The Morgan fingerprint density at radius 2 is 2.15 bits per heavy atom. The van der Waals surface area contributed by atoms with E-state index < -0.39 is 12.0 Å². The molecule has 106 valence electrons. The standard InChI is InChI=1S/C16H19NO3/c1-3-13(16(19)20-4-2)15(18)12-7-8-14-11(10-12)6-5-9-17-14/h5-10,13,15,18H,3-4H2,1-2H3. The predicted octanol–water partition coefficient (Wildman–Crippen LogP) is 2.86. The summed E-state index contributed by atoms with van der Waals surface area (Å²) in [6.45, 7) is 3.95. The number of pyridine rings is 1. The zero-order valence-corrected chi connectivity index (χ0v) is 11.7. The van der Waals surface area contributed by atoms with Crippen LogP contribution < -0.4 is 0 Å². The minimum absolute atomic E-state index is 0.323. The molecular formula is C16H19NO3. The molecule has 0 aliphatic carbocycles. The highest BCUT2D eigenvalue weighted by molar-refractivity contribution is 5.79. The number of rotatable bonds is 5. The van der Waals surface area contributed by atoms with Crippen molar-refractivity contribution in [2.45, 2.75) is 26.4 Å². The molecule has 2 rings (SSSR count). The van der Waals surface area contributed by atoms with Gasteiger partial charge in [0.05, 0.1) is 24.1 Å². The maximum Gasteiger partial charge on any atom is 0.311 e. The van der Waals surface area contributed by atoms with Gasteiger partial charge in [-0.1, -0.05) is 19.1 Å². The summed E-state index contributed by atoms with van der Waals surface area (Å²) in [5.41, 5.74) is 1.58. The van der Waals surface area contributed by atoms with E-state index in [1.165, 1.54) is 0 Å². The summed E-state index contributed by atoms with van der Waals surface area (Å²) < 4.78 is 5.01. The van der Waals surface area contributed by atoms with E-state index >= 15 is 0 Å². The molecule has 0 fully saturated rings. The van der Waals surface area contributed by atoms with Gasteiger partial charge >= 0.3 is 5.97 Å². The van der Waals surface area contributed by atoms with E-state index in [1.54, 1.807) is 13.1 Å². The van der Waals surface area contributed by atoms with Crippen LogP contribution in [-0.4, -0.2) is 22.7 Å². The van der Waals surface area contributed by atoms with Gasteiger partial charge in [-0.05, 0) is 37.1 Å². The van der Waals surface area contributed by atoms with Crippen molar-refractivity contribution in [1.29, 1.82) is 0 Å². The van der Waals surface area contributed by atoms with Crippen molar-refractivity contribution in [3.05, 3.63) is 42.1 Å². The normalized spacial score (nSPS) is 13.9. The van der Waals surface area contributed by atoms with Crippen LogP contribution in [0.3, 0.4) is 0 Å². The highest BCUT2D eigenvalue weighted by Gasteiger charge is 2.27. The van der Waals surface area contributed by atoms with Crippen molar-refractivity contribution in [1.82, 2.24) is 4.98 Å². The van der Waals surface area contributed by atoms with Gasteiger partial charge < -0.3 is 9.84 Å². The average Bonchev–Trinajstić information content (AvgIpc) is 2.47. The lowest BCUT2D eigenvalue weighted by Crippen LogP contribution is -2.24. The van der Waals surface area contributed by atoms with E-state index in [-0.39, 0.29) is 5.97 Å². The van der Waals surface area contributed by atoms with Gasteiger partial charge in [-0.15, -0.1) is 0 Å². The van der Waals surface area contributed by atoms with Crippen LogP contribution in [0.4, 0.5) is 0 Å². The Hall–Kier alpha value is -1.94. The molecule has 1 aromatic carbocycles. The molecule has 2 aromatic rings. The Morgan fingerprint density at radius 3 is 2.85 bits per heavy atom. The monoisotopic (exact) mass is 273 g/mol. The van der Waals surface area contributed by atoms with Crippen molar-refractivity contribution in [3.63, 3.8) is 0 Å². The fourth-order valence-electron chi connectivity index (χ4n) is 2.28. The van der Waals surface area contributed by atoms with Gasteiger partial charge in [-0.2, -0.15) is 0 Å². The number of aliphatic hydroxyl groups is 1. The van der Waals surface area contributed by atoms with Gasteiger partial charge in [-0.25, -0.2) is 0 Å². The Labute approximate surface area is 118 Å². The van der Waals surface area contributed by atoms with E-state index in [4.69, 9.17) is 4.74 Å². The summed E-state index contributed by atoms with van der Waals surface area (Å²) in [7, 11) is 0. The third-order valence-corrected chi connectivity index (χ3v) is 3.38. The lowest BCUT2D eigenvalue weighted by molar-refractivity contribution is -0.152. The summed E-state index contributed by atoms with van der Waals surface area (Å²) in [6.07, 6.45) is 1.40. The quantitative estimate of drug-likeness (QED) is 0.851. The van der Waals surface area contributed by atoms with Crippen LogP contribution in [0.1, 0.15) is 31.9 Å². The Balaban J connectivity index is 2.29. The number of hydrogen-bond acceptors (Lipinski definition) is 4. The molecule has 0 radical (unpaired) electrons. The summed E-state index contributed by atoms with van der Waals surface area (Å²) in [6, 6.07) is 9.31. The van der Waals surface area contributed by atoms with Crippen LogP contribution >= 0.6 is 0 Å². The number of fused-ring (bicyclic) bond motifs is 1. The smallest absolute Gasteiger partial charge is 0.311 e. The molecule has 0 spiro atoms. The van der Waals surface area contributed by atoms with E-state index in [9.17, 15) is 9.90 Å². The molecule has 20 heavy (non-hydrogen) atoms. The van der Waals surface area contributed by atoms with Crippen LogP contribution in [-0.2, 0) is 9.53 Å². The zero-order chi connectivity index (χ0) is 14.5. The van der Waals surface area contributed by atoms with E-state index in [2.05, 4.69) is 4.98 Å². The summed E-state index contributed by atoms with van der Waals surface area (Å²) in [4.78, 5) is 16.1. The first-order valence-electron chi connectivity index (χ1n) is 6.86. The first-order valence-corrected chi connectivity index (χ1v) is 6.86. The summed E-state index contributed by atoms with van der Waals surface area (Å²) in [5.74, 6) is -0.891. The van der Waals surface area contributed by atoms with Gasteiger partial charge in [0.25, 0.3) is 0 Å². The van der Waals surface area contributed by atoms with E-state index in [0.717, 1.165) is 10.9 Å². The molecule has 0 saturated carbocycles. The molecule has 4 heteroatoms. The van der Waals surface area contributed by atoms with Gasteiger partial charge in [0.1, 0.15) is 0 Å². The topological polar surface area (TPSA) is 59.4 Å². The molecule has 0 aliphatic rings. The molecule has 4 nitrogen and oxygen atoms in total. The van der Waals surface area contributed by atoms with Crippen molar-refractivity contribution in [2.24, 2.45) is 5.92 Å². The number of hydrogen-bond donors (Lipinski definition) is 1. The highest BCUT2D eigenvalue weighted by atomic mass is 16.5. The maximum absolute atomic E-state index is 11.9. The third kappa shape index (κ3) is 2.96. The molecule has 1 aromatic heterocycles. The van der Waals surface area contributed by atoms with Crippen LogP contribution in [0.25, 0.3) is 10.9 Å². The number of nitrogens with zero attached hydrogens (tertiary/aromatic N) is 1. The number of ether oxygens (including phenoxy) is 1. The molecular weight excluding hydrogens is 254 g/mol. The molecule has 1 N–H and O–H groups in total.